The Labute approximate surface area is 117 Å². The van der Waals surface area contributed by atoms with E-state index in [0.717, 1.165) is 19.7 Å². The molecule has 0 aliphatic rings. The second kappa shape index (κ2) is 4.77. The molecule has 2 heterocycles. The van der Waals surface area contributed by atoms with Gasteiger partial charge in [0.05, 0.1) is 11.9 Å². The Morgan fingerprint density at radius 1 is 1.59 bits per heavy atom. The molecule has 2 rings (SSSR count). The zero-order chi connectivity index (χ0) is 12.6. The molecule has 90 valence electrons. The van der Waals surface area contributed by atoms with Crippen LogP contribution >= 0.6 is 33.9 Å². The minimum Gasteiger partial charge on any atom is -0.308 e. The molecule has 0 N–H and O–H groups in total. The summed E-state index contributed by atoms with van der Waals surface area (Å²) in [7, 11) is 3.60. The number of nitrogens with zero attached hydrogens (tertiary/aromatic N) is 3. The van der Waals surface area contributed by atoms with Crippen LogP contribution in [0.2, 0.25) is 0 Å². The summed E-state index contributed by atoms with van der Waals surface area (Å²) in [5, 5.41) is 6.07. The molecule has 0 fully saturated rings. The zero-order valence-corrected chi connectivity index (χ0v) is 12.7. The normalized spacial score (nSPS) is 10.6. The zero-order valence-electron chi connectivity index (χ0n) is 9.77. The van der Waals surface area contributed by atoms with Gasteiger partial charge in [0, 0.05) is 23.9 Å². The Balaban J connectivity index is 2.29. The van der Waals surface area contributed by atoms with E-state index in [-0.39, 0.29) is 5.91 Å². The molecule has 0 spiro atoms. The fraction of sp³-hybridized carbons (Fsp3) is 0.273. The van der Waals surface area contributed by atoms with E-state index in [1.807, 2.05) is 25.5 Å². The standard InChI is InChI=1S/C11H12IN3OS/c1-7-6-17-10(9(7)12)11(16)15(3)8-4-13-14(2)5-8/h4-6H,1-3H3. The predicted molar refractivity (Wildman–Crippen MR) is 77.7 cm³/mol. The number of thiophene rings is 1. The maximum Gasteiger partial charge on any atom is 0.269 e. The van der Waals surface area contributed by atoms with Crippen molar-refractivity contribution in [2.24, 2.45) is 7.05 Å². The van der Waals surface area contributed by atoms with Gasteiger partial charge in [-0.25, -0.2) is 0 Å². The van der Waals surface area contributed by atoms with E-state index in [4.69, 9.17) is 0 Å². The Bertz CT molecular complexity index is 561. The van der Waals surface area contributed by atoms with Gasteiger partial charge in [-0.1, -0.05) is 0 Å². The maximum atomic E-state index is 12.3. The van der Waals surface area contributed by atoms with E-state index in [2.05, 4.69) is 27.7 Å². The molecule has 17 heavy (non-hydrogen) atoms. The molecule has 0 unspecified atom stereocenters. The molecule has 4 nitrogen and oxygen atoms in total. The highest BCUT2D eigenvalue weighted by Gasteiger charge is 2.19. The molecular weight excluding hydrogens is 349 g/mol. The van der Waals surface area contributed by atoms with Crippen molar-refractivity contribution in [2.75, 3.05) is 11.9 Å². The van der Waals surface area contributed by atoms with Crippen molar-refractivity contribution >= 4 is 45.5 Å². The number of amides is 1. The van der Waals surface area contributed by atoms with Gasteiger partial charge >= 0.3 is 0 Å². The van der Waals surface area contributed by atoms with E-state index in [0.29, 0.717) is 0 Å². The van der Waals surface area contributed by atoms with E-state index in [9.17, 15) is 4.79 Å². The van der Waals surface area contributed by atoms with Crippen LogP contribution in [0.5, 0.6) is 0 Å². The van der Waals surface area contributed by atoms with Gasteiger partial charge in [-0.05, 0) is 40.5 Å². The summed E-state index contributed by atoms with van der Waals surface area (Å²) in [6.45, 7) is 2.01. The molecule has 0 atom stereocenters. The molecule has 0 radical (unpaired) electrons. The molecule has 2 aromatic rings. The van der Waals surface area contributed by atoms with Crippen LogP contribution in [0.25, 0.3) is 0 Å². The van der Waals surface area contributed by atoms with Gasteiger partial charge < -0.3 is 4.90 Å². The third kappa shape index (κ3) is 2.37. The SMILES string of the molecule is Cc1csc(C(=O)N(C)c2cnn(C)c2)c1I. The highest BCUT2D eigenvalue weighted by atomic mass is 127. The van der Waals surface area contributed by atoms with E-state index in [1.54, 1.807) is 22.8 Å². The van der Waals surface area contributed by atoms with Crippen LogP contribution in [0.1, 0.15) is 15.2 Å². The van der Waals surface area contributed by atoms with Crippen LogP contribution in [-0.4, -0.2) is 22.7 Å². The first-order valence-electron chi connectivity index (χ1n) is 5.01. The van der Waals surface area contributed by atoms with Crippen molar-refractivity contribution in [3.05, 3.63) is 31.8 Å². The summed E-state index contributed by atoms with van der Waals surface area (Å²) in [4.78, 5) is 14.7. The highest BCUT2D eigenvalue weighted by Crippen LogP contribution is 2.26. The Morgan fingerprint density at radius 3 is 2.76 bits per heavy atom. The predicted octanol–water partition coefficient (Wildman–Crippen LogP) is 2.67. The quantitative estimate of drug-likeness (QED) is 0.772. The van der Waals surface area contributed by atoms with Crippen LogP contribution in [0.4, 0.5) is 5.69 Å². The van der Waals surface area contributed by atoms with Crippen LogP contribution in [0.15, 0.2) is 17.8 Å². The van der Waals surface area contributed by atoms with Crippen molar-refractivity contribution in [2.45, 2.75) is 6.92 Å². The number of rotatable bonds is 2. The van der Waals surface area contributed by atoms with Gasteiger partial charge in [0.2, 0.25) is 0 Å². The van der Waals surface area contributed by atoms with Gasteiger partial charge in [-0.2, -0.15) is 5.10 Å². The van der Waals surface area contributed by atoms with Crippen molar-refractivity contribution < 1.29 is 4.79 Å². The summed E-state index contributed by atoms with van der Waals surface area (Å²) in [6.07, 6.45) is 3.51. The molecule has 6 heteroatoms. The highest BCUT2D eigenvalue weighted by molar-refractivity contribution is 14.1. The number of anilines is 1. The Kier molecular flexibility index (Phi) is 3.53. The summed E-state index contributed by atoms with van der Waals surface area (Å²) in [6, 6.07) is 0. The third-order valence-electron chi connectivity index (χ3n) is 2.48. The summed E-state index contributed by atoms with van der Waals surface area (Å²) in [5.74, 6) is 0.0144. The Hall–Kier alpha value is -0.890. The first kappa shape index (κ1) is 12.6. The number of halogens is 1. The van der Waals surface area contributed by atoms with Crippen molar-refractivity contribution in [1.29, 1.82) is 0 Å². The Morgan fingerprint density at radius 2 is 2.29 bits per heavy atom. The second-order valence-corrected chi connectivity index (χ2v) is 5.76. The van der Waals surface area contributed by atoms with Crippen LogP contribution in [0, 0.1) is 10.5 Å². The second-order valence-electron chi connectivity index (χ2n) is 3.80. The maximum absolute atomic E-state index is 12.3. The number of hydrogen-bond acceptors (Lipinski definition) is 3. The fourth-order valence-electron chi connectivity index (χ4n) is 1.43. The van der Waals surface area contributed by atoms with Crippen molar-refractivity contribution in [3.63, 3.8) is 0 Å². The number of hydrogen-bond donors (Lipinski definition) is 0. The first-order valence-corrected chi connectivity index (χ1v) is 6.97. The van der Waals surface area contributed by atoms with Crippen molar-refractivity contribution in [1.82, 2.24) is 9.78 Å². The molecule has 0 bridgehead atoms. The van der Waals surface area contributed by atoms with Gasteiger partial charge in [0.1, 0.15) is 4.88 Å². The largest absolute Gasteiger partial charge is 0.308 e. The van der Waals surface area contributed by atoms with Crippen LogP contribution < -0.4 is 4.90 Å². The topological polar surface area (TPSA) is 38.1 Å². The monoisotopic (exact) mass is 361 g/mol. The van der Waals surface area contributed by atoms with Crippen LogP contribution in [-0.2, 0) is 7.05 Å². The first-order chi connectivity index (χ1) is 8.00. The summed E-state index contributed by atoms with van der Waals surface area (Å²) in [5.41, 5.74) is 1.96. The lowest BCUT2D eigenvalue weighted by Gasteiger charge is -2.13. The lowest BCUT2D eigenvalue weighted by Crippen LogP contribution is -2.25. The molecule has 0 aliphatic heterocycles. The smallest absolute Gasteiger partial charge is 0.269 e. The van der Waals surface area contributed by atoms with E-state index < -0.39 is 0 Å². The van der Waals surface area contributed by atoms with Crippen molar-refractivity contribution in [3.8, 4) is 0 Å². The summed E-state index contributed by atoms with van der Waals surface area (Å²) >= 11 is 3.70. The van der Waals surface area contributed by atoms with Gasteiger partial charge in [0.25, 0.3) is 5.91 Å². The molecule has 1 amide bonds. The van der Waals surface area contributed by atoms with E-state index >= 15 is 0 Å². The number of aromatic nitrogens is 2. The molecular formula is C11H12IN3OS. The van der Waals surface area contributed by atoms with Gasteiger partial charge in [-0.3, -0.25) is 9.48 Å². The fourth-order valence-corrected chi connectivity index (χ4v) is 3.32. The molecule has 0 saturated carbocycles. The van der Waals surface area contributed by atoms with Crippen LogP contribution in [0.3, 0.4) is 0 Å². The van der Waals surface area contributed by atoms with Gasteiger partial charge in [0.15, 0.2) is 0 Å². The molecule has 0 aliphatic carbocycles. The van der Waals surface area contributed by atoms with Gasteiger partial charge in [-0.15, -0.1) is 11.3 Å². The average molecular weight is 361 g/mol. The molecule has 2 aromatic heterocycles. The average Bonchev–Trinajstić information content (AvgIpc) is 2.86. The third-order valence-corrected chi connectivity index (χ3v) is 5.32. The summed E-state index contributed by atoms with van der Waals surface area (Å²) < 4.78 is 2.72. The van der Waals surface area contributed by atoms with E-state index in [1.165, 1.54) is 11.3 Å². The molecule has 0 aromatic carbocycles. The minimum atomic E-state index is 0.0144. The number of aryl methyl sites for hydroxylation is 2. The number of carbonyl (C=O) groups is 1. The molecule has 0 saturated heterocycles. The lowest BCUT2D eigenvalue weighted by atomic mass is 10.3. The minimum absolute atomic E-state index is 0.0144. The lowest BCUT2D eigenvalue weighted by molar-refractivity contribution is 0.0996. The number of carbonyl (C=O) groups excluding carboxylic acids is 1.